The van der Waals surface area contributed by atoms with Gasteiger partial charge in [0.05, 0.1) is 16.1 Å². The Morgan fingerprint density at radius 2 is 1.35 bits per heavy atom. The van der Waals surface area contributed by atoms with Crippen molar-refractivity contribution in [2.75, 3.05) is 6.26 Å². The number of halogens is 1. The minimum absolute atomic E-state index is 0. The fourth-order valence-corrected chi connectivity index (χ4v) is 5.69. The number of thiocyanates is 1. The second kappa shape index (κ2) is 27.2. The molecule has 0 atom stereocenters. The van der Waals surface area contributed by atoms with Gasteiger partial charge in [0.25, 0.3) is 11.4 Å². The number of hydrogen-bond donors (Lipinski definition) is 1. The molecule has 0 N–H and O–H groups in total. The average molecular weight is 892 g/mol. The first-order chi connectivity index (χ1) is 26.6. The normalized spacial score (nSPS) is 10.0. The van der Waals surface area contributed by atoms with Crippen molar-refractivity contribution in [3.63, 3.8) is 0 Å². The third-order valence-corrected chi connectivity index (χ3v) is 8.83. The van der Waals surface area contributed by atoms with E-state index in [-0.39, 0.29) is 46.1 Å². The van der Waals surface area contributed by atoms with Gasteiger partial charge >= 0.3 is 39.7 Å². The van der Waals surface area contributed by atoms with E-state index in [1.54, 1.807) is 36.3 Å². The monoisotopic (exact) mass is 891 g/mol. The summed E-state index contributed by atoms with van der Waals surface area (Å²) in [5.74, 6) is 0.592. The molecule has 0 unspecified atom stereocenters. The summed E-state index contributed by atoms with van der Waals surface area (Å²) in [7, 11) is -3.73. The van der Waals surface area contributed by atoms with E-state index in [4.69, 9.17) is 16.9 Å². The van der Waals surface area contributed by atoms with Crippen LogP contribution in [0.4, 0.5) is 11.4 Å². The Morgan fingerprint density at radius 3 is 1.75 bits per heavy atom. The molecule has 2 aromatic heterocycles. The predicted molar refractivity (Wildman–Crippen MR) is 224 cm³/mol. The van der Waals surface area contributed by atoms with Crippen LogP contribution in [0.1, 0.15) is 16.7 Å². The minimum Gasteiger partial charge on any atom is -0.696 e. The molecule has 0 aliphatic heterocycles. The number of nitro benzene ring substituents is 2. The van der Waals surface area contributed by atoms with Crippen molar-refractivity contribution in [2.45, 2.75) is 28.0 Å². The maximum absolute atomic E-state index is 10.7. The maximum atomic E-state index is 10.7. The third kappa shape index (κ3) is 21.6. The molecule has 0 saturated carbocycles. The number of rotatable bonds is 8. The molecule has 0 aliphatic carbocycles. The standard InChI is InChI=1S/C15H11N3O2S2.C8H7ClN2O5S.C7H8S.C5H5N.CHNS.Na/c1-10-2-8-13(9-3-10)21-15-16-14(17-22-15)11-4-6-12(7-5-11)18(19)20;1-17(14,15)16-10-8(9)6-2-4-7(5-3-6)11(12)13;1-6-2-4-7(8)5-3-6;1-2-4-6-5-3-1;2-1-3;/h2-9H,1H3;2-5H,1H3;2-5,8H,1H3;1-5H;3H;/q;;;;;+1/p-1/b;10-8+;;;;. The summed E-state index contributed by atoms with van der Waals surface area (Å²) in [5.41, 5.74) is 3.53. The Kier molecular flexibility index (Phi) is 24.1. The average Bonchev–Trinajstić information content (AvgIpc) is 3.66. The number of nitriles is 1. The number of hydrogen-bond acceptors (Lipinski definition) is 16. The Labute approximate surface area is 376 Å². The summed E-state index contributed by atoms with van der Waals surface area (Å²) in [4.78, 5) is 30.4. The molecule has 4 aromatic carbocycles. The molecule has 57 heavy (non-hydrogen) atoms. The summed E-state index contributed by atoms with van der Waals surface area (Å²) in [6, 6.07) is 33.3. The molecule has 0 fully saturated rings. The number of aromatic nitrogens is 3. The zero-order chi connectivity index (χ0) is 41.5. The molecule has 0 radical (unpaired) electrons. The van der Waals surface area contributed by atoms with Gasteiger partial charge in [0.1, 0.15) is 0 Å². The van der Waals surface area contributed by atoms with Gasteiger partial charge in [-0.1, -0.05) is 75.4 Å². The summed E-state index contributed by atoms with van der Waals surface area (Å²) in [5, 5.41) is 32.4. The van der Waals surface area contributed by atoms with Gasteiger partial charge in [0.15, 0.2) is 15.3 Å². The second-order valence-corrected chi connectivity index (χ2v) is 15.2. The van der Waals surface area contributed by atoms with Gasteiger partial charge in [0.2, 0.25) is 0 Å². The Morgan fingerprint density at radius 1 is 0.877 bits per heavy atom. The largest absolute Gasteiger partial charge is 1.00 e. The second-order valence-electron chi connectivity index (χ2n) is 10.5. The van der Waals surface area contributed by atoms with Crippen LogP contribution in [0.3, 0.4) is 0 Å². The van der Waals surface area contributed by atoms with Crippen molar-refractivity contribution in [1.29, 1.82) is 5.26 Å². The summed E-state index contributed by atoms with van der Waals surface area (Å²) < 4.78 is 30.5. The minimum atomic E-state index is -3.73. The Hall–Kier alpha value is -4.49. The molecule has 290 valence electrons. The topological polar surface area (TPSA) is 204 Å². The molecule has 0 amide bonds. The van der Waals surface area contributed by atoms with Crippen molar-refractivity contribution in [1.82, 2.24) is 14.3 Å². The zero-order valence-electron chi connectivity index (χ0n) is 30.6. The van der Waals surface area contributed by atoms with E-state index in [2.05, 4.69) is 68.1 Å². The molecule has 2 heterocycles. The molecule has 0 aliphatic rings. The van der Waals surface area contributed by atoms with Crippen molar-refractivity contribution in [3.05, 3.63) is 165 Å². The number of non-ortho nitro benzene ring substituents is 2. The van der Waals surface area contributed by atoms with Crippen LogP contribution in [0.2, 0.25) is 0 Å². The van der Waals surface area contributed by atoms with Gasteiger partial charge in [-0.2, -0.15) is 12.8 Å². The number of nitro groups is 2. The molecule has 14 nitrogen and oxygen atoms in total. The van der Waals surface area contributed by atoms with Crippen LogP contribution < -0.4 is 29.6 Å². The molecule has 21 heteroatoms. The van der Waals surface area contributed by atoms with Crippen molar-refractivity contribution >= 4 is 86.8 Å². The number of thiol groups is 1. The maximum Gasteiger partial charge on any atom is 1.00 e. The Bertz CT molecular complexity index is 2250. The van der Waals surface area contributed by atoms with E-state index >= 15 is 0 Å². The van der Waals surface area contributed by atoms with Crippen LogP contribution in [-0.4, -0.2) is 44.0 Å². The third-order valence-electron chi connectivity index (χ3n) is 6.14. The summed E-state index contributed by atoms with van der Waals surface area (Å²) >= 11 is 16.3. The summed E-state index contributed by atoms with van der Waals surface area (Å²) in [6.45, 7) is 4.11. The number of oxime groups is 1. The molecule has 0 spiro atoms. The van der Waals surface area contributed by atoms with Crippen LogP contribution >= 0.6 is 47.5 Å². The number of aryl methyl sites for hydroxylation is 2. The first-order valence-corrected chi connectivity index (χ1v) is 20.1. The zero-order valence-corrected chi connectivity index (χ0v) is 37.5. The molecular weight excluding hydrogens is 861 g/mol. The van der Waals surface area contributed by atoms with Gasteiger partial charge in [0, 0.05) is 57.6 Å². The van der Waals surface area contributed by atoms with E-state index in [0.717, 1.165) is 25.9 Å². The number of pyridine rings is 1. The van der Waals surface area contributed by atoms with Gasteiger partial charge < -0.3 is 12.6 Å². The van der Waals surface area contributed by atoms with Crippen molar-refractivity contribution in [3.8, 4) is 16.8 Å². The van der Waals surface area contributed by atoms with E-state index in [0.29, 0.717) is 11.4 Å². The van der Waals surface area contributed by atoms with Crippen LogP contribution in [0, 0.1) is 44.7 Å². The van der Waals surface area contributed by atoms with Gasteiger partial charge in [-0.05, 0) is 86.0 Å². The van der Waals surface area contributed by atoms with Crippen LogP contribution in [0.5, 0.6) is 0 Å². The van der Waals surface area contributed by atoms with Crippen LogP contribution in [-0.2, 0) is 27.0 Å². The fraction of sp³-hybridized carbons (Fsp3) is 0.0833. The van der Waals surface area contributed by atoms with E-state index in [1.807, 2.05) is 61.5 Å². The quantitative estimate of drug-likeness (QED) is 0.0333. The van der Waals surface area contributed by atoms with E-state index in [9.17, 15) is 28.6 Å². The van der Waals surface area contributed by atoms with E-state index in [1.165, 1.54) is 64.5 Å². The number of benzene rings is 4. The predicted octanol–water partition coefficient (Wildman–Crippen LogP) is 6.43. The molecule has 6 aromatic rings. The number of nitrogens with zero attached hydrogens (tertiary/aromatic N) is 7. The SMILES string of the molecule is CS(=O)(=O)O/N=C(/Cl)c1ccc([N+](=O)[O-])cc1.Cc1ccc(S)cc1.Cc1ccc(Sc2nc(-c3ccc([N+](=O)[O-])cc3)ns2)cc1.N#C[S-].[Na+].c1ccncc1. The van der Waals surface area contributed by atoms with Gasteiger partial charge in [-0.15, -0.1) is 12.6 Å². The first-order valence-electron chi connectivity index (χ1n) is 15.4. The fourth-order valence-electron chi connectivity index (χ4n) is 3.54. The van der Waals surface area contributed by atoms with E-state index < -0.39 is 20.0 Å². The van der Waals surface area contributed by atoms with Crippen molar-refractivity contribution < 1.29 is 52.1 Å². The van der Waals surface area contributed by atoms with Crippen molar-refractivity contribution in [2.24, 2.45) is 5.16 Å². The molecule has 0 bridgehead atoms. The van der Waals surface area contributed by atoms with Crippen LogP contribution in [0.25, 0.3) is 11.4 Å². The molecular formula is C36H31ClN7NaO7S5. The van der Waals surface area contributed by atoms with Crippen LogP contribution in [0.15, 0.2) is 147 Å². The summed E-state index contributed by atoms with van der Waals surface area (Å²) in [6.07, 6.45) is 4.32. The smallest absolute Gasteiger partial charge is 0.696 e. The molecule has 0 saturated heterocycles. The Balaban J connectivity index is 0.000000407. The molecule has 6 rings (SSSR count). The van der Waals surface area contributed by atoms with Gasteiger partial charge in [-0.3, -0.25) is 29.5 Å². The first kappa shape index (κ1) is 50.5. The van der Waals surface area contributed by atoms with Gasteiger partial charge in [-0.25, -0.2) is 10.2 Å².